The second-order valence-corrected chi connectivity index (χ2v) is 6.05. The number of rotatable bonds is 6. The fraction of sp³-hybridized carbons (Fsp3) is 0.400. The van der Waals surface area contributed by atoms with E-state index in [0.717, 1.165) is 16.5 Å². The first-order chi connectivity index (χ1) is 10.0. The molecule has 1 N–H and O–H groups in total. The van der Waals surface area contributed by atoms with Crippen LogP contribution in [0.3, 0.4) is 0 Å². The fourth-order valence-electron chi connectivity index (χ4n) is 2.16. The molecule has 0 fully saturated rings. The van der Waals surface area contributed by atoms with Crippen LogP contribution in [0.4, 0.5) is 0 Å². The first-order valence-corrected chi connectivity index (χ1v) is 7.82. The lowest BCUT2D eigenvalue weighted by Gasteiger charge is -2.20. The van der Waals surface area contributed by atoms with Crippen LogP contribution in [0.2, 0.25) is 0 Å². The minimum atomic E-state index is -0.842. The summed E-state index contributed by atoms with van der Waals surface area (Å²) in [5.74, 6) is -0.530. The minimum Gasteiger partial charge on any atom is -0.481 e. The van der Waals surface area contributed by atoms with E-state index in [4.69, 9.17) is 5.11 Å². The van der Waals surface area contributed by atoms with Crippen LogP contribution < -0.4 is 0 Å². The van der Waals surface area contributed by atoms with Gasteiger partial charge in [0.2, 0.25) is 0 Å². The van der Waals surface area contributed by atoms with Crippen molar-refractivity contribution in [3.8, 4) is 0 Å². The van der Waals surface area contributed by atoms with Gasteiger partial charge in [0.05, 0.1) is 17.5 Å². The molecule has 21 heavy (non-hydrogen) atoms. The van der Waals surface area contributed by atoms with Gasteiger partial charge in [0.1, 0.15) is 0 Å². The van der Waals surface area contributed by atoms with Crippen LogP contribution in [0.5, 0.6) is 0 Å². The van der Waals surface area contributed by atoms with Crippen LogP contribution >= 0.6 is 11.8 Å². The summed E-state index contributed by atoms with van der Waals surface area (Å²) in [4.78, 5) is 19.6. The van der Waals surface area contributed by atoms with E-state index in [-0.39, 0.29) is 11.8 Å². The molecule has 0 aliphatic heterocycles. The summed E-state index contributed by atoms with van der Waals surface area (Å²) < 4.78 is 2.08. The SMILES string of the molecule is CC(C)c1cnc(SCC(=O)O)n1C(C)c1ccccn1. The minimum absolute atomic E-state index is 0.00346. The van der Waals surface area contributed by atoms with Crippen molar-refractivity contribution >= 4 is 17.7 Å². The Balaban J connectivity index is 2.38. The van der Waals surface area contributed by atoms with Crippen LogP contribution in [-0.4, -0.2) is 31.4 Å². The predicted molar refractivity (Wildman–Crippen MR) is 82.7 cm³/mol. The van der Waals surface area contributed by atoms with Crippen LogP contribution in [0.25, 0.3) is 0 Å². The Morgan fingerprint density at radius 1 is 1.33 bits per heavy atom. The molecule has 0 spiro atoms. The number of hydrogen-bond donors (Lipinski definition) is 1. The molecule has 5 nitrogen and oxygen atoms in total. The highest BCUT2D eigenvalue weighted by Crippen LogP contribution is 2.29. The van der Waals surface area contributed by atoms with Crippen molar-refractivity contribution in [1.29, 1.82) is 0 Å². The molecular formula is C15H19N3O2S. The summed E-state index contributed by atoms with van der Waals surface area (Å²) in [5, 5.41) is 9.59. The molecule has 2 heterocycles. The lowest BCUT2D eigenvalue weighted by atomic mass is 10.1. The quantitative estimate of drug-likeness (QED) is 0.830. The highest BCUT2D eigenvalue weighted by molar-refractivity contribution is 7.99. The number of aliphatic carboxylic acids is 1. The number of nitrogens with zero attached hydrogens (tertiary/aromatic N) is 3. The van der Waals surface area contributed by atoms with E-state index in [0.29, 0.717) is 5.92 Å². The number of carboxylic acid groups (broad SMARTS) is 1. The Morgan fingerprint density at radius 2 is 2.10 bits per heavy atom. The number of carbonyl (C=O) groups is 1. The number of carboxylic acids is 1. The average molecular weight is 305 g/mol. The zero-order valence-electron chi connectivity index (χ0n) is 12.4. The molecule has 0 amide bonds. The molecule has 6 heteroatoms. The number of thioether (sulfide) groups is 1. The Morgan fingerprint density at radius 3 is 2.67 bits per heavy atom. The van der Waals surface area contributed by atoms with E-state index in [1.54, 1.807) is 6.20 Å². The van der Waals surface area contributed by atoms with Crippen molar-refractivity contribution in [2.24, 2.45) is 0 Å². The zero-order valence-corrected chi connectivity index (χ0v) is 13.2. The topological polar surface area (TPSA) is 68.0 Å². The van der Waals surface area contributed by atoms with Gasteiger partial charge in [-0.2, -0.15) is 0 Å². The zero-order chi connectivity index (χ0) is 15.4. The van der Waals surface area contributed by atoms with E-state index >= 15 is 0 Å². The molecule has 1 atom stereocenters. The first kappa shape index (κ1) is 15.6. The normalized spacial score (nSPS) is 12.6. The highest BCUT2D eigenvalue weighted by Gasteiger charge is 2.20. The second kappa shape index (κ2) is 6.76. The monoisotopic (exact) mass is 305 g/mol. The molecule has 0 radical (unpaired) electrons. The summed E-state index contributed by atoms with van der Waals surface area (Å²) in [6.07, 6.45) is 3.59. The maximum absolute atomic E-state index is 10.8. The highest BCUT2D eigenvalue weighted by atomic mass is 32.2. The molecule has 0 aromatic carbocycles. The largest absolute Gasteiger partial charge is 0.481 e. The lowest BCUT2D eigenvalue weighted by molar-refractivity contribution is -0.133. The summed E-state index contributed by atoms with van der Waals surface area (Å²) >= 11 is 1.24. The van der Waals surface area contributed by atoms with Gasteiger partial charge in [0.15, 0.2) is 5.16 Å². The molecule has 2 aromatic rings. The van der Waals surface area contributed by atoms with Gasteiger partial charge >= 0.3 is 5.97 Å². The van der Waals surface area contributed by atoms with Crippen LogP contribution in [-0.2, 0) is 4.79 Å². The van der Waals surface area contributed by atoms with Crippen LogP contribution in [0.1, 0.15) is 44.1 Å². The van der Waals surface area contributed by atoms with E-state index in [1.165, 1.54) is 11.8 Å². The third kappa shape index (κ3) is 3.64. The number of hydrogen-bond acceptors (Lipinski definition) is 4. The van der Waals surface area contributed by atoms with Gasteiger partial charge < -0.3 is 9.67 Å². The standard InChI is InChI=1S/C15H19N3O2S/c1-10(2)13-8-17-15(21-9-14(19)20)18(13)11(3)12-6-4-5-7-16-12/h4-8,10-11H,9H2,1-3H3,(H,19,20). The maximum atomic E-state index is 10.8. The lowest BCUT2D eigenvalue weighted by Crippen LogP contribution is -2.14. The van der Waals surface area contributed by atoms with Crippen molar-refractivity contribution in [3.05, 3.63) is 42.0 Å². The fourth-order valence-corrected chi connectivity index (χ4v) is 2.94. The Kier molecular flexibility index (Phi) is 5.01. The maximum Gasteiger partial charge on any atom is 0.313 e. The number of pyridine rings is 1. The van der Waals surface area contributed by atoms with Gasteiger partial charge in [-0.1, -0.05) is 31.7 Å². The third-order valence-electron chi connectivity index (χ3n) is 3.21. The molecule has 2 aromatic heterocycles. The van der Waals surface area contributed by atoms with Crippen molar-refractivity contribution in [2.75, 3.05) is 5.75 Å². The van der Waals surface area contributed by atoms with Gasteiger partial charge in [-0.05, 0) is 25.0 Å². The third-order valence-corrected chi connectivity index (χ3v) is 4.16. The molecule has 0 bridgehead atoms. The first-order valence-electron chi connectivity index (χ1n) is 6.83. The van der Waals surface area contributed by atoms with Gasteiger partial charge in [-0.15, -0.1) is 0 Å². The summed E-state index contributed by atoms with van der Waals surface area (Å²) in [7, 11) is 0. The predicted octanol–water partition coefficient (Wildman–Crippen LogP) is 3.19. The van der Waals surface area contributed by atoms with Crippen molar-refractivity contribution in [2.45, 2.75) is 37.9 Å². The summed E-state index contributed by atoms with van der Waals surface area (Å²) in [6.45, 7) is 6.26. The van der Waals surface area contributed by atoms with E-state index in [2.05, 4.69) is 35.3 Å². The second-order valence-electron chi connectivity index (χ2n) is 5.10. The Bertz CT molecular complexity index is 611. The molecular weight excluding hydrogens is 286 g/mol. The Labute approximate surface area is 128 Å². The van der Waals surface area contributed by atoms with Crippen molar-refractivity contribution in [3.63, 3.8) is 0 Å². The van der Waals surface area contributed by atoms with E-state index in [9.17, 15) is 4.79 Å². The van der Waals surface area contributed by atoms with Crippen LogP contribution in [0, 0.1) is 0 Å². The molecule has 0 aliphatic rings. The van der Waals surface area contributed by atoms with Gasteiger partial charge in [0.25, 0.3) is 0 Å². The summed E-state index contributed by atoms with van der Waals surface area (Å²) in [5.41, 5.74) is 2.02. The number of aromatic nitrogens is 3. The molecule has 1 unspecified atom stereocenters. The molecule has 0 aliphatic carbocycles. The molecule has 112 valence electrons. The van der Waals surface area contributed by atoms with Gasteiger partial charge in [-0.25, -0.2) is 4.98 Å². The van der Waals surface area contributed by atoms with Crippen molar-refractivity contribution < 1.29 is 9.90 Å². The summed E-state index contributed by atoms with van der Waals surface area (Å²) in [6, 6.07) is 5.82. The van der Waals surface area contributed by atoms with Crippen LogP contribution in [0.15, 0.2) is 35.7 Å². The molecule has 0 saturated heterocycles. The van der Waals surface area contributed by atoms with Gasteiger partial charge in [-0.3, -0.25) is 9.78 Å². The van der Waals surface area contributed by atoms with Gasteiger partial charge in [0, 0.05) is 18.1 Å². The number of imidazole rings is 1. The molecule has 0 saturated carbocycles. The van der Waals surface area contributed by atoms with E-state index < -0.39 is 5.97 Å². The average Bonchev–Trinajstić information content (AvgIpc) is 2.89. The molecule has 2 rings (SSSR count). The smallest absolute Gasteiger partial charge is 0.313 e. The van der Waals surface area contributed by atoms with Crippen molar-refractivity contribution in [1.82, 2.24) is 14.5 Å². The van der Waals surface area contributed by atoms with E-state index in [1.807, 2.05) is 24.4 Å². The Hall–Kier alpha value is -1.82.